The van der Waals surface area contributed by atoms with Crippen molar-refractivity contribution in [2.24, 2.45) is 11.8 Å². The number of amides is 1. The van der Waals surface area contributed by atoms with Gasteiger partial charge in [-0.3, -0.25) is 4.79 Å². The molecule has 0 spiro atoms. The highest BCUT2D eigenvalue weighted by molar-refractivity contribution is 7.12. The summed E-state index contributed by atoms with van der Waals surface area (Å²) in [5, 5.41) is 13.6. The van der Waals surface area contributed by atoms with E-state index in [9.17, 15) is 9.59 Å². The molecule has 1 heterocycles. The Bertz CT molecular complexity index is 539. The minimum absolute atomic E-state index is 0.0960. The number of carbonyl (C=O) groups is 2. The van der Waals surface area contributed by atoms with E-state index in [-0.39, 0.29) is 11.9 Å². The summed E-state index contributed by atoms with van der Waals surface area (Å²) in [4.78, 5) is 23.5. The molecule has 0 bridgehead atoms. The zero-order chi connectivity index (χ0) is 15.4. The van der Waals surface area contributed by atoms with E-state index in [1.54, 1.807) is 6.07 Å². The molecular weight excluding hydrogens is 286 g/mol. The highest BCUT2D eigenvalue weighted by Crippen LogP contribution is 2.29. The van der Waals surface area contributed by atoms with E-state index in [2.05, 4.69) is 19.2 Å². The molecule has 1 fully saturated rings. The van der Waals surface area contributed by atoms with Crippen LogP contribution in [-0.2, 0) is 4.79 Å². The highest BCUT2D eigenvalue weighted by atomic mass is 32.1. The van der Waals surface area contributed by atoms with Gasteiger partial charge in [0, 0.05) is 12.1 Å². The van der Waals surface area contributed by atoms with Crippen molar-refractivity contribution >= 4 is 29.3 Å². The van der Waals surface area contributed by atoms with E-state index in [0.717, 1.165) is 18.9 Å². The summed E-state index contributed by atoms with van der Waals surface area (Å²) in [5.74, 6) is 0.159. The molecule has 0 radical (unpaired) electrons. The van der Waals surface area contributed by atoms with Gasteiger partial charge in [0.15, 0.2) is 0 Å². The zero-order valence-corrected chi connectivity index (χ0v) is 13.2. The molecule has 114 valence electrons. The van der Waals surface area contributed by atoms with Gasteiger partial charge in [-0.15, -0.1) is 11.3 Å². The van der Waals surface area contributed by atoms with Crippen molar-refractivity contribution in [1.82, 2.24) is 5.32 Å². The number of hydrogen-bond donors (Lipinski definition) is 2. The maximum Gasteiger partial charge on any atom is 0.328 e. The van der Waals surface area contributed by atoms with Gasteiger partial charge in [0.05, 0.1) is 4.88 Å². The number of carboxylic acids is 1. The largest absolute Gasteiger partial charge is 0.478 e. The first-order valence-corrected chi connectivity index (χ1v) is 8.13. The molecule has 5 heteroatoms. The molecule has 2 unspecified atom stereocenters. The normalized spacial score (nSPS) is 25.9. The lowest BCUT2D eigenvalue weighted by Gasteiger charge is -2.31. The van der Waals surface area contributed by atoms with Gasteiger partial charge in [-0.05, 0) is 54.2 Å². The molecule has 21 heavy (non-hydrogen) atoms. The number of carbonyl (C=O) groups excluding carboxylic acids is 1. The van der Waals surface area contributed by atoms with Gasteiger partial charge < -0.3 is 10.4 Å². The van der Waals surface area contributed by atoms with Crippen molar-refractivity contribution < 1.29 is 14.7 Å². The van der Waals surface area contributed by atoms with E-state index in [0.29, 0.717) is 22.3 Å². The topological polar surface area (TPSA) is 66.4 Å². The van der Waals surface area contributed by atoms with Crippen LogP contribution in [0.15, 0.2) is 17.5 Å². The molecule has 1 aromatic rings. The fourth-order valence-electron chi connectivity index (χ4n) is 3.11. The number of thiophene rings is 1. The predicted molar refractivity (Wildman–Crippen MR) is 84.4 cm³/mol. The molecule has 2 N–H and O–H groups in total. The average Bonchev–Trinajstić information content (AvgIpc) is 2.83. The molecule has 2 atom stereocenters. The Morgan fingerprint density at radius 3 is 2.57 bits per heavy atom. The number of rotatable bonds is 4. The molecule has 0 aromatic carbocycles. The molecule has 0 saturated heterocycles. The van der Waals surface area contributed by atoms with Crippen molar-refractivity contribution in [3.8, 4) is 0 Å². The van der Waals surface area contributed by atoms with Gasteiger partial charge in [0.25, 0.3) is 5.91 Å². The van der Waals surface area contributed by atoms with E-state index in [4.69, 9.17) is 5.11 Å². The van der Waals surface area contributed by atoms with Crippen molar-refractivity contribution in [2.75, 3.05) is 0 Å². The van der Waals surface area contributed by atoms with Crippen LogP contribution in [0, 0.1) is 11.8 Å². The minimum Gasteiger partial charge on any atom is -0.478 e. The van der Waals surface area contributed by atoms with Crippen molar-refractivity contribution in [3.05, 3.63) is 28.0 Å². The fourth-order valence-corrected chi connectivity index (χ4v) is 3.90. The van der Waals surface area contributed by atoms with Crippen LogP contribution in [0.5, 0.6) is 0 Å². The summed E-state index contributed by atoms with van der Waals surface area (Å²) in [6.45, 7) is 4.45. The first kappa shape index (κ1) is 15.8. The lowest BCUT2D eigenvalue weighted by molar-refractivity contribution is -0.131. The Kier molecular flexibility index (Phi) is 5.17. The average molecular weight is 307 g/mol. The molecule has 1 saturated carbocycles. The van der Waals surface area contributed by atoms with Crippen molar-refractivity contribution in [2.45, 2.75) is 39.2 Å². The molecule has 1 aromatic heterocycles. The fraction of sp³-hybridized carbons (Fsp3) is 0.500. The second-order valence-electron chi connectivity index (χ2n) is 5.96. The van der Waals surface area contributed by atoms with Crippen LogP contribution in [0.1, 0.15) is 48.3 Å². The van der Waals surface area contributed by atoms with Crippen LogP contribution >= 0.6 is 11.3 Å². The minimum atomic E-state index is -1.01. The summed E-state index contributed by atoms with van der Waals surface area (Å²) in [6, 6.07) is 1.99. The van der Waals surface area contributed by atoms with Gasteiger partial charge in [0.2, 0.25) is 0 Å². The summed E-state index contributed by atoms with van der Waals surface area (Å²) in [7, 11) is 0. The Labute approximate surface area is 128 Å². The van der Waals surface area contributed by atoms with Gasteiger partial charge in [0.1, 0.15) is 0 Å². The van der Waals surface area contributed by atoms with Gasteiger partial charge >= 0.3 is 5.97 Å². The van der Waals surface area contributed by atoms with E-state index >= 15 is 0 Å². The zero-order valence-electron chi connectivity index (χ0n) is 12.3. The van der Waals surface area contributed by atoms with Crippen LogP contribution in [0.3, 0.4) is 0 Å². The lowest BCUT2D eigenvalue weighted by Crippen LogP contribution is -2.39. The molecular formula is C16H21NO3S. The number of hydrogen-bond acceptors (Lipinski definition) is 3. The Morgan fingerprint density at radius 2 is 1.95 bits per heavy atom. The van der Waals surface area contributed by atoms with Crippen LogP contribution in [0.25, 0.3) is 6.08 Å². The van der Waals surface area contributed by atoms with E-state index in [1.807, 2.05) is 5.38 Å². The first-order valence-electron chi connectivity index (χ1n) is 7.25. The smallest absolute Gasteiger partial charge is 0.328 e. The third-order valence-corrected chi connectivity index (χ3v) is 4.75. The van der Waals surface area contributed by atoms with Crippen molar-refractivity contribution in [3.63, 3.8) is 0 Å². The molecule has 1 amide bonds. The van der Waals surface area contributed by atoms with E-state index < -0.39 is 5.97 Å². The summed E-state index contributed by atoms with van der Waals surface area (Å²) in [6.07, 6.45) is 5.78. The SMILES string of the molecule is CC1CC(C)CC(NC(=O)c2sccc2C=CC(=O)O)C1. The van der Waals surface area contributed by atoms with Crippen LogP contribution in [0.4, 0.5) is 0 Å². The molecule has 1 aliphatic carbocycles. The standard InChI is InChI=1S/C16H21NO3S/c1-10-7-11(2)9-13(8-10)17-16(20)15-12(5-6-21-15)3-4-14(18)19/h3-6,10-11,13H,7-9H2,1-2H3,(H,17,20)(H,18,19). The van der Waals surface area contributed by atoms with Gasteiger partial charge in [-0.25, -0.2) is 4.79 Å². The predicted octanol–water partition coefficient (Wildman–Crippen LogP) is 3.40. The Morgan fingerprint density at radius 1 is 1.29 bits per heavy atom. The summed E-state index contributed by atoms with van der Waals surface area (Å²) < 4.78 is 0. The molecule has 2 rings (SSSR count). The third kappa shape index (κ3) is 4.43. The quantitative estimate of drug-likeness (QED) is 0.838. The molecule has 4 nitrogen and oxygen atoms in total. The maximum absolute atomic E-state index is 12.4. The Hall–Kier alpha value is -1.62. The third-order valence-electron chi connectivity index (χ3n) is 3.82. The summed E-state index contributed by atoms with van der Waals surface area (Å²) >= 11 is 1.34. The monoisotopic (exact) mass is 307 g/mol. The number of carboxylic acid groups (broad SMARTS) is 1. The van der Waals surface area contributed by atoms with Crippen LogP contribution in [-0.4, -0.2) is 23.0 Å². The Balaban J connectivity index is 2.04. The summed E-state index contributed by atoms with van der Waals surface area (Å²) in [5.41, 5.74) is 0.664. The molecule has 0 aliphatic heterocycles. The van der Waals surface area contributed by atoms with E-state index in [1.165, 1.54) is 23.8 Å². The van der Waals surface area contributed by atoms with Crippen molar-refractivity contribution in [1.29, 1.82) is 0 Å². The number of nitrogens with one attached hydrogen (secondary N) is 1. The van der Waals surface area contributed by atoms with Crippen LogP contribution < -0.4 is 5.32 Å². The lowest BCUT2D eigenvalue weighted by atomic mass is 9.80. The second-order valence-corrected chi connectivity index (χ2v) is 6.88. The van der Waals surface area contributed by atoms with Gasteiger partial charge in [-0.2, -0.15) is 0 Å². The number of aliphatic carboxylic acids is 1. The highest BCUT2D eigenvalue weighted by Gasteiger charge is 2.26. The van der Waals surface area contributed by atoms with Crippen LogP contribution in [0.2, 0.25) is 0 Å². The molecule has 1 aliphatic rings. The second kappa shape index (κ2) is 6.89. The maximum atomic E-state index is 12.4. The van der Waals surface area contributed by atoms with Gasteiger partial charge in [-0.1, -0.05) is 13.8 Å². The first-order chi connectivity index (χ1) is 9.95.